The minimum absolute atomic E-state index is 0.130. The molecular weight excluding hydrogens is 438 g/mol. The highest BCUT2D eigenvalue weighted by atomic mass is 32.2. The molecule has 2 N–H and O–H groups in total. The van der Waals surface area contributed by atoms with E-state index < -0.39 is 22.3 Å². The molecular formula is C25H27N3O4S. The zero-order chi connectivity index (χ0) is 23.4. The van der Waals surface area contributed by atoms with Gasteiger partial charge < -0.3 is 14.7 Å². The van der Waals surface area contributed by atoms with E-state index in [0.717, 1.165) is 22.4 Å². The first kappa shape index (κ1) is 22.8. The standard InChI is InChI=1S/C25H27N3O4S/c1-18-8-14-22(15-9-18)33(30,31)27-25-26-23(16-19-10-12-21(32-2)13-11-19)24(29)28(25)17-20-6-4-3-5-7-20/h3-15,23-24,29H,16-17H2,1-2H3,(H,26,27). The summed E-state index contributed by atoms with van der Waals surface area (Å²) >= 11 is 0. The van der Waals surface area contributed by atoms with Crippen LogP contribution in [0.4, 0.5) is 0 Å². The molecule has 4 rings (SSSR count). The van der Waals surface area contributed by atoms with Crippen molar-refractivity contribution >= 4 is 16.0 Å². The van der Waals surface area contributed by atoms with Crippen LogP contribution < -0.4 is 9.46 Å². The molecule has 0 saturated heterocycles. The van der Waals surface area contributed by atoms with Gasteiger partial charge >= 0.3 is 0 Å². The normalized spacial score (nSPS) is 18.2. The van der Waals surface area contributed by atoms with Crippen LogP contribution >= 0.6 is 0 Å². The second-order valence-corrected chi connectivity index (χ2v) is 9.70. The Bertz CT molecular complexity index is 1210. The first-order valence-electron chi connectivity index (χ1n) is 10.6. The van der Waals surface area contributed by atoms with Crippen molar-refractivity contribution < 1.29 is 18.3 Å². The number of methoxy groups -OCH3 is 1. The van der Waals surface area contributed by atoms with Crippen molar-refractivity contribution in [3.63, 3.8) is 0 Å². The minimum atomic E-state index is -3.86. The molecule has 2 atom stereocenters. The maximum atomic E-state index is 13.0. The van der Waals surface area contributed by atoms with Gasteiger partial charge in [-0.15, -0.1) is 0 Å². The summed E-state index contributed by atoms with van der Waals surface area (Å²) in [5.74, 6) is 0.872. The number of hydrogen-bond acceptors (Lipinski definition) is 6. The van der Waals surface area contributed by atoms with Crippen LogP contribution in [0.15, 0.2) is 88.8 Å². The van der Waals surface area contributed by atoms with Crippen molar-refractivity contribution in [2.45, 2.75) is 37.1 Å². The smallest absolute Gasteiger partial charge is 0.264 e. The number of sulfonamides is 1. The zero-order valence-electron chi connectivity index (χ0n) is 18.5. The number of nitrogens with zero attached hydrogens (tertiary/aromatic N) is 2. The van der Waals surface area contributed by atoms with E-state index in [9.17, 15) is 13.5 Å². The second kappa shape index (κ2) is 9.64. The number of guanidine groups is 1. The van der Waals surface area contributed by atoms with Gasteiger partial charge in [0.25, 0.3) is 10.0 Å². The molecule has 0 saturated carbocycles. The van der Waals surface area contributed by atoms with Gasteiger partial charge in [0, 0.05) is 6.54 Å². The van der Waals surface area contributed by atoms with Gasteiger partial charge in [-0.05, 0) is 48.7 Å². The lowest BCUT2D eigenvalue weighted by molar-refractivity contribution is 0.0423. The van der Waals surface area contributed by atoms with Gasteiger partial charge in [0.2, 0.25) is 5.96 Å². The quantitative estimate of drug-likeness (QED) is 0.560. The van der Waals surface area contributed by atoms with E-state index in [0.29, 0.717) is 13.0 Å². The van der Waals surface area contributed by atoms with Crippen molar-refractivity contribution in [1.82, 2.24) is 9.62 Å². The molecule has 1 aliphatic rings. The van der Waals surface area contributed by atoms with Gasteiger partial charge in [-0.3, -0.25) is 0 Å². The highest BCUT2D eigenvalue weighted by Crippen LogP contribution is 2.24. The first-order chi connectivity index (χ1) is 15.9. The molecule has 3 aromatic rings. The SMILES string of the molecule is COc1ccc(CC2N=C(NS(=O)(=O)c3ccc(C)cc3)N(Cc3ccccc3)C2O)cc1. The third kappa shape index (κ3) is 5.35. The second-order valence-electron chi connectivity index (χ2n) is 8.02. The van der Waals surface area contributed by atoms with Crippen LogP contribution in [0.3, 0.4) is 0 Å². The van der Waals surface area contributed by atoms with E-state index in [1.54, 1.807) is 36.3 Å². The van der Waals surface area contributed by atoms with Crippen LogP contribution in [-0.4, -0.2) is 43.8 Å². The Morgan fingerprint density at radius 3 is 2.27 bits per heavy atom. The Labute approximate surface area is 194 Å². The molecule has 0 bridgehead atoms. The Hall–Kier alpha value is -3.36. The first-order valence-corrected chi connectivity index (χ1v) is 12.1. The molecule has 0 aliphatic carbocycles. The van der Waals surface area contributed by atoms with Crippen LogP contribution in [0.2, 0.25) is 0 Å². The number of hydrogen-bond donors (Lipinski definition) is 2. The van der Waals surface area contributed by atoms with Crippen LogP contribution in [0, 0.1) is 6.92 Å². The Balaban J connectivity index is 1.61. The molecule has 33 heavy (non-hydrogen) atoms. The molecule has 2 unspecified atom stereocenters. The fraction of sp³-hybridized carbons (Fsp3) is 0.240. The monoisotopic (exact) mass is 465 g/mol. The van der Waals surface area contributed by atoms with E-state index in [-0.39, 0.29) is 10.9 Å². The maximum absolute atomic E-state index is 13.0. The lowest BCUT2D eigenvalue weighted by Crippen LogP contribution is -2.46. The summed E-state index contributed by atoms with van der Waals surface area (Å²) in [7, 11) is -2.26. The Kier molecular flexibility index (Phi) is 6.67. The van der Waals surface area contributed by atoms with Crippen molar-refractivity contribution in [3.8, 4) is 5.75 Å². The number of rotatable bonds is 7. The Morgan fingerprint density at radius 1 is 0.970 bits per heavy atom. The summed E-state index contributed by atoms with van der Waals surface area (Å²) in [5, 5.41) is 11.1. The molecule has 7 nitrogen and oxygen atoms in total. The van der Waals surface area contributed by atoms with Gasteiger partial charge in [-0.25, -0.2) is 18.1 Å². The predicted octanol–water partition coefficient (Wildman–Crippen LogP) is 3.08. The third-order valence-electron chi connectivity index (χ3n) is 5.58. The van der Waals surface area contributed by atoms with Crippen LogP contribution in [0.25, 0.3) is 0 Å². The lowest BCUT2D eigenvalue weighted by atomic mass is 10.0. The van der Waals surface area contributed by atoms with Crippen LogP contribution in [-0.2, 0) is 23.0 Å². The number of aryl methyl sites for hydroxylation is 1. The maximum Gasteiger partial charge on any atom is 0.264 e. The van der Waals surface area contributed by atoms with Gasteiger partial charge in [0.05, 0.1) is 12.0 Å². The zero-order valence-corrected chi connectivity index (χ0v) is 19.4. The van der Waals surface area contributed by atoms with Crippen molar-refractivity contribution in [2.75, 3.05) is 7.11 Å². The topological polar surface area (TPSA) is 91.2 Å². The number of aliphatic hydroxyl groups excluding tert-OH is 1. The van der Waals surface area contributed by atoms with E-state index in [1.807, 2.05) is 61.5 Å². The number of ether oxygens (including phenoxy) is 1. The summed E-state index contributed by atoms with van der Waals surface area (Å²) in [4.78, 5) is 6.32. The molecule has 0 amide bonds. The van der Waals surface area contributed by atoms with Crippen molar-refractivity contribution in [2.24, 2.45) is 4.99 Å². The number of aliphatic imine (C=N–C) groups is 1. The molecule has 0 aromatic heterocycles. The van der Waals surface area contributed by atoms with Gasteiger partial charge in [0.1, 0.15) is 11.8 Å². The van der Waals surface area contributed by atoms with Crippen molar-refractivity contribution in [1.29, 1.82) is 0 Å². The molecule has 3 aromatic carbocycles. The predicted molar refractivity (Wildman–Crippen MR) is 127 cm³/mol. The third-order valence-corrected chi connectivity index (χ3v) is 6.92. The summed E-state index contributed by atoms with van der Waals surface area (Å²) in [6.45, 7) is 2.21. The molecule has 0 fully saturated rings. The summed E-state index contributed by atoms with van der Waals surface area (Å²) in [5.41, 5.74) is 2.86. The highest BCUT2D eigenvalue weighted by Gasteiger charge is 2.36. The molecule has 0 spiro atoms. The summed E-state index contributed by atoms with van der Waals surface area (Å²) in [6.07, 6.45) is -0.533. The van der Waals surface area contributed by atoms with Gasteiger partial charge in [-0.1, -0.05) is 60.2 Å². The van der Waals surface area contributed by atoms with Crippen LogP contribution in [0.5, 0.6) is 5.75 Å². The van der Waals surface area contributed by atoms with Crippen molar-refractivity contribution in [3.05, 3.63) is 95.6 Å². The van der Waals surface area contributed by atoms with Crippen LogP contribution in [0.1, 0.15) is 16.7 Å². The Morgan fingerprint density at radius 2 is 1.64 bits per heavy atom. The lowest BCUT2D eigenvalue weighted by Gasteiger charge is -2.26. The van der Waals surface area contributed by atoms with E-state index in [1.165, 1.54) is 0 Å². The molecule has 0 radical (unpaired) electrons. The number of nitrogens with one attached hydrogen (secondary N) is 1. The van der Waals surface area contributed by atoms with E-state index in [2.05, 4.69) is 9.71 Å². The fourth-order valence-electron chi connectivity index (χ4n) is 3.72. The average Bonchev–Trinajstić information content (AvgIpc) is 3.09. The molecule has 1 aliphatic heterocycles. The van der Waals surface area contributed by atoms with Gasteiger partial charge in [0.15, 0.2) is 6.23 Å². The minimum Gasteiger partial charge on any atom is -0.497 e. The molecule has 172 valence electrons. The summed E-state index contributed by atoms with van der Waals surface area (Å²) in [6, 6.07) is 23.2. The van der Waals surface area contributed by atoms with E-state index in [4.69, 9.17) is 4.74 Å². The molecule has 8 heteroatoms. The number of aliphatic hydroxyl groups is 1. The fourth-order valence-corrected chi connectivity index (χ4v) is 4.74. The highest BCUT2D eigenvalue weighted by molar-refractivity contribution is 7.90. The average molecular weight is 466 g/mol. The van der Waals surface area contributed by atoms with Gasteiger partial charge in [-0.2, -0.15) is 0 Å². The number of benzene rings is 3. The van der Waals surface area contributed by atoms with E-state index >= 15 is 0 Å². The largest absolute Gasteiger partial charge is 0.497 e. The molecule has 1 heterocycles. The summed E-state index contributed by atoms with van der Waals surface area (Å²) < 4.78 is 33.8.